The molecule has 1 aromatic heterocycles. The largest absolute Gasteiger partial charge is 0.359 e. The Balaban J connectivity index is 2.29. The van der Waals surface area contributed by atoms with E-state index in [1.54, 1.807) is 11.3 Å². The molecular weight excluding hydrogens is 228 g/mol. The lowest BCUT2D eigenvalue weighted by Gasteiger charge is -2.18. The van der Waals surface area contributed by atoms with E-state index in [1.807, 2.05) is 11.6 Å². The minimum atomic E-state index is 0.624. The molecule has 0 aromatic carbocycles. The van der Waals surface area contributed by atoms with Crippen molar-refractivity contribution >= 4 is 16.5 Å². The molecular formula is C14H26N2S. The van der Waals surface area contributed by atoms with Gasteiger partial charge in [-0.2, -0.15) is 0 Å². The number of nitrogens with zero attached hydrogens (tertiary/aromatic N) is 1. The molecule has 0 bridgehead atoms. The van der Waals surface area contributed by atoms with Crippen LogP contribution in [0, 0.1) is 0 Å². The number of thiazole rings is 1. The van der Waals surface area contributed by atoms with Gasteiger partial charge in [0, 0.05) is 17.6 Å². The molecule has 0 radical (unpaired) electrons. The SMILES string of the molecule is CCCCCC(CCCCC)Nc1nccs1. The summed E-state index contributed by atoms with van der Waals surface area (Å²) in [6.45, 7) is 4.53. The smallest absolute Gasteiger partial charge is 0.182 e. The quantitative estimate of drug-likeness (QED) is 0.589. The minimum Gasteiger partial charge on any atom is -0.359 e. The van der Waals surface area contributed by atoms with E-state index in [9.17, 15) is 0 Å². The topological polar surface area (TPSA) is 24.9 Å². The van der Waals surface area contributed by atoms with Gasteiger partial charge in [-0.15, -0.1) is 11.3 Å². The van der Waals surface area contributed by atoms with E-state index in [4.69, 9.17) is 0 Å². The van der Waals surface area contributed by atoms with Crippen molar-refractivity contribution < 1.29 is 0 Å². The highest BCUT2D eigenvalue weighted by Crippen LogP contribution is 2.18. The Morgan fingerprint density at radius 2 is 1.76 bits per heavy atom. The Kier molecular flexibility index (Phi) is 8.06. The molecule has 1 aromatic rings. The predicted octanol–water partition coefficient (Wildman–Crippen LogP) is 5.08. The van der Waals surface area contributed by atoms with Crippen LogP contribution >= 0.6 is 11.3 Å². The van der Waals surface area contributed by atoms with Crippen LogP contribution in [0.15, 0.2) is 11.6 Å². The van der Waals surface area contributed by atoms with Gasteiger partial charge in [0.2, 0.25) is 0 Å². The van der Waals surface area contributed by atoms with Crippen LogP contribution in [0.1, 0.15) is 65.2 Å². The fraction of sp³-hybridized carbons (Fsp3) is 0.786. The summed E-state index contributed by atoms with van der Waals surface area (Å²) in [4.78, 5) is 4.32. The van der Waals surface area contributed by atoms with E-state index >= 15 is 0 Å². The zero-order valence-electron chi connectivity index (χ0n) is 11.2. The highest BCUT2D eigenvalue weighted by atomic mass is 32.1. The van der Waals surface area contributed by atoms with Crippen molar-refractivity contribution in [3.05, 3.63) is 11.6 Å². The van der Waals surface area contributed by atoms with Gasteiger partial charge in [-0.3, -0.25) is 0 Å². The summed E-state index contributed by atoms with van der Waals surface area (Å²) in [6, 6.07) is 0.624. The second-order valence-corrected chi connectivity index (χ2v) is 5.56. The second kappa shape index (κ2) is 9.46. The van der Waals surface area contributed by atoms with Crippen molar-refractivity contribution in [2.75, 3.05) is 5.32 Å². The molecule has 0 spiro atoms. The third-order valence-corrected chi connectivity index (χ3v) is 3.78. The number of anilines is 1. The summed E-state index contributed by atoms with van der Waals surface area (Å²) >= 11 is 1.71. The summed E-state index contributed by atoms with van der Waals surface area (Å²) in [7, 11) is 0. The van der Waals surface area contributed by atoms with Crippen LogP contribution in [0.3, 0.4) is 0 Å². The molecule has 98 valence electrons. The minimum absolute atomic E-state index is 0.624. The molecule has 3 heteroatoms. The van der Waals surface area contributed by atoms with E-state index in [0.717, 1.165) is 5.13 Å². The first-order valence-electron chi connectivity index (χ1n) is 7.02. The summed E-state index contributed by atoms with van der Waals surface area (Å²) < 4.78 is 0. The van der Waals surface area contributed by atoms with E-state index in [1.165, 1.54) is 51.4 Å². The van der Waals surface area contributed by atoms with Crippen molar-refractivity contribution in [1.29, 1.82) is 0 Å². The summed E-state index contributed by atoms with van der Waals surface area (Å²) in [5, 5.41) is 6.71. The molecule has 1 N–H and O–H groups in total. The van der Waals surface area contributed by atoms with Gasteiger partial charge in [0.25, 0.3) is 0 Å². The van der Waals surface area contributed by atoms with Crippen molar-refractivity contribution in [3.63, 3.8) is 0 Å². The number of hydrogen-bond donors (Lipinski definition) is 1. The highest BCUT2D eigenvalue weighted by molar-refractivity contribution is 7.13. The average molecular weight is 254 g/mol. The van der Waals surface area contributed by atoms with Gasteiger partial charge >= 0.3 is 0 Å². The van der Waals surface area contributed by atoms with Gasteiger partial charge in [0.05, 0.1) is 0 Å². The fourth-order valence-electron chi connectivity index (χ4n) is 2.04. The molecule has 0 aliphatic rings. The van der Waals surface area contributed by atoms with Gasteiger partial charge in [0.15, 0.2) is 5.13 Å². The average Bonchev–Trinajstić information content (AvgIpc) is 2.82. The van der Waals surface area contributed by atoms with Crippen molar-refractivity contribution in [1.82, 2.24) is 4.98 Å². The van der Waals surface area contributed by atoms with E-state index in [2.05, 4.69) is 24.1 Å². The van der Waals surface area contributed by atoms with Gasteiger partial charge in [-0.25, -0.2) is 4.98 Å². The van der Waals surface area contributed by atoms with Crippen LogP contribution in [0.4, 0.5) is 5.13 Å². The van der Waals surface area contributed by atoms with Crippen molar-refractivity contribution in [2.24, 2.45) is 0 Å². The highest BCUT2D eigenvalue weighted by Gasteiger charge is 2.09. The van der Waals surface area contributed by atoms with Gasteiger partial charge in [0.1, 0.15) is 0 Å². The molecule has 0 saturated heterocycles. The first-order chi connectivity index (χ1) is 8.36. The van der Waals surface area contributed by atoms with E-state index in [0.29, 0.717) is 6.04 Å². The lowest BCUT2D eigenvalue weighted by atomic mass is 10.0. The summed E-state index contributed by atoms with van der Waals surface area (Å²) in [5.74, 6) is 0. The fourth-order valence-corrected chi connectivity index (χ4v) is 2.65. The Morgan fingerprint density at radius 3 is 2.24 bits per heavy atom. The van der Waals surface area contributed by atoms with Crippen LogP contribution in [-0.2, 0) is 0 Å². The van der Waals surface area contributed by atoms with Crippen LogP contribution < -0.4 is 5.32 Å². The molecule has 0 aliphatic heterocycles. The first-order valence-corrected chi connectivity index (χ1v) is 7.90. The molecule has 0 amide bonds. The van der Waals surface area contributed by atoms with Crippen LogP contribution in [0.25, 0.3) is 0 Å². The molecule has 0 aliphatic carbocycles. The molecule has 0 unspecified atom stereocenters. The number of rotatable bonds is 10. The number of unbranched alkanes of at least 4 members (excludes halogenated alkanes) is 4. The zero-order chi connectivity index (χ0) is 12.3. The summed E-state index contributed by atoms with van der Waals surface area (Å²) in [5.41, 5.74) is 0. The van der Waals surface area contributed by atoms with E-state index in [-0.39, 0.29) is 0 Å². The Hall–Kier alpha value is -0.570. The predicted molar refractivity (Wildman–Crippen MR) is 77.8 cm³/mol. The Bertz CT molecular complexity index is 249. The number of hydrogen-bond acceptors (Lipinski definition) is 3. The molecule has 2 nitrogen and oxygen atoms in total. The number of aromatic nitrogens is 1. The lowest BCUT2D eigenvalue weighted by Crippen LogP contribution is -2.19. The third kappa shape index (κ3) is 6.67. The maximum atomic E-state index is 4.32. The second-order valence-electron chi connectivity index (χ2n) is 4.67. The molecule has 1 heterocycles. The monoisotopic (exact) mass is 254 g/mol. The molecule has 0 fully saturated rings. The summed E-state index contributed by atoms with van der Waals surface area (Å²) in [6.07, 6.45) is 12.4. The first kappa shape index (κ1) is 14.5. The zero-order valence-corrected chi connectivity index (χ0v) is 12.1. The normalized spacial score (nSPS) is 11.0. The number of nitrogens with one attached hydrogen (secondary N) is 1. The maximum absolute atomic E-state index is 4.32. The van der Waals surface area contributed by atoms with E-state index < -0.39 is 0 Å². The van der Waals surface area contributed by atoms with Crippen LogP contribution in [0.2, 0.25) is 0 Å². The van der Waals surface area contributed by atoms with Crippen LogP contribution in [0.5, 0.6) is 0 Å². The van der Waals surface area contributed by atoms with Crippen LogP contribution in [-0.4, -0.2) is 11.0 Å². The lowest BCUT2D eigenvalue weighted by molar-refractivity contribution is 0.526. The van der Waals surface area contributed by atoms with Gasteiger partial charge in [-0.05, 0) is 12.8 Å². The van der Waals surface area contributed by atoms with Crippen molar-refractivity contribution in [3.8, 4) is 0 Å². The third-order valence-electron chi connectivity index (χ3n) is 3.07. The van der Waals surface area contributed by atoms with Gasteiger partial charge < -0.3 is 5.32 Å². The molecule has 1 rings (SSSR count). The Labute approximate surface area is 110 Å². The Morgan fingerprint density at radius 1 is 1.12 bits per heavy atom. The molecule has 17 heavy (non-hydrogen) atoms. The maximum Gasteiger partial charge on any atom is 0.182 e. The standard InChI is InChI=1S/C14H26N2S/c1-3-5-7-9-13(10-8-6-4-2)16-14-15-11-12-17-14/h11-13H,3-10H2,1-2H3,(H,15,16). The molecule has 0 atom stereocenters. The van der Waals surface area contributed by atoms with Gasteiger partial charge in [-0.1, -0.05) is 52.4 Å². The van der Waals surface area contributed by atoms with Crippen molar-refractivity contribution in [2.45, 2.75) is 71.3 Å². The molecule has 0 saturated carbocycles.